The molecule has 2 atom stereocenters. The van der Waals surface area contributed by atoms with Crippen LogP contribution >= 0.6 is 0 Å². The minimum atomic E-state index is -3.83. The molecule has 0 bridgehead atoms. The zero-order chi connectivity index (χ0) is 29.1. The van der Waals surface area contributed by atoms with Crippen LogP contribution in [0.15, 0.2) is 84.9 Å². The topological polar surface area (TPSA) is 96.0 Å². The van der Waals surface area contributed by atoms with E-state index in [9.17, 15) is 18.0 Å². The fourth-order valence-electron chi connectivity index (χ4n) is 4.26. The van der Waals surface area contributed by atoms with Crippen molar-refractivity contribution in [2.75, 3.05) is 23.7 Å². The van der Waals surface area contributed by atoms with Gasteiger partial charge in [0.15, 0.2) is 0 Å². The van der Waals surface area contributed by atoms with Crippen LogP contribution in [0.5, 0.6) is 5.75 Å². The van der Waals surface area contributed by atoms with E-state index in [-0.39, 0.29) is 24.9 Å². The molecular formula is C31H39N3O5S. The molecule has 3 aromatic rings. The van der Waals surface area contributed by atoms with Crippen molar-refractivity contribution in [3.8, 4) is 5.75 Å². The molecule has 40 heavy (non-hydrogen) atoms. The molecule has 0 radical (unpaired) electrons. The Labute approximate surface area is 238 Å². The molecule has 8 nitrogen and oxygen atoms in total. The maximum absolute atomic E-state index is 14.1. The highest BCUT2D eigenvalue weighted by molar-refractivity contribution is 7.92. The lowest BCUT2D eigenvalue weighted by atomic mass is 10.0. The molecule has 0 aromatic heterocycles. The van der Waals surface area contributed by atoms with E-state index in [1.165, 1.54) is 4.90 Å². The maximum Gasteiger partial charge on any atom is 0.244 e. The molecule has 0 fully saturated rings. The quantitative estimate of drug-likeness (QED) is 0.313. The second kappa shape index (κ2) is 14.5. The zero-order valence-corrected chi connectivity index (χ0v) is 24.4. The summed E-state index contributed by atoms with van der Waals surface area (Å²) in [5, 5.41) is 3.03. The van der Waals surface area contributed by atoms with Gasteiger partial charge in [0.1, 0.15) is 18.3 Å². The lowest BCUT2D eigenvalue weighted by Crippen LogP contribution is -2.54. The minimum absolute atomic E-state index is 0.0872. The molecular weight excluding hydrogens is 526 g/mol. The van der Waals surface area contributed by atoms with E-state index in [4.69, 9.17) is 4.74 Å². The van der Waals surface area contributed by atoms with Gasteiger partial charge in [0, 0.05) is 19.0 Å². The van der Waals surface area contributed by atoms with Gasteiger partial charge in [0.05, 0.1) is 18.6 Å². The Balaban J connectivity index is 2.01. The summed E-state index contributed by atoms with van der Waals surface area (Å²) in [5.41, 5.74) is 2.06. The molecule has 2 amide bonds. The van der Waals surface area contributed by atoms with E-state index >= 15 is 0 Å². The van der Waals surface area contributed by atoms with Crippen molar-refractivity contribution in [2.24, 2.45) is 0 Å². The molecule has 0 aliphatic rings. The number of ether oxygens (including phenoxy) is 1. The van der Waals surface area contributed by atoms with E-state index < -0.39 is 28.5 Å². The first-order valence-electron chi connectivity index (χ1n) is 13.5. The van der Waals surface area contributed by atoms with Crippen LogP contribution in [-0.2, 0) is 32.6 Å². The smallest absolute Gasteiger partial charge is 0.244 e. The molecule has 3 aromatic carbocycles. The molecule has 0 unspecified atom stereocenters. The SMILES string of the molecule is CCOc1ccc(N(CC(=O)N(Cc2ccccc2)[C@H](Cc2ccccc2)C(=O)N[C@@H](C)CC)S(C)(=O)=O)cc1. The Morgan fingerprint density at radius 3 is 1.98 bits per heavy atom. The molecule has 0 saturated carbocycles. The standard InChI is InChI=1S/C31H39N3O5S/c1-5-24(3)32-31(36)29(21-25-13-9-7-10-14-25)33(22-26-15-11-8-12-16-26)30(35)23-34(40(4,37)38)27-17-19-28(20-18-27)39-6-2/h7-20,24,29H,5-6,21-23H2,1-4H3,(H,32,36)/t24-,29+/m0/s1. The summed E-state index contributed by atoms with van der Waals surface area (Å²) >= 11 is 0. The van der Waals surface area contributed by atoms with Gasteiger partial charge in [0.25, 0.3) is 0 Å². The molecule has 0 heterocycles. The number of nitrogens with zero attached hydrogens (tertiary/aromatic N) is 2. The molecule has 214 valence electrons. The van der Waals surface area contributed by atoms with Crippen molar-refractivity contribution in [2.45, 2.75) is 52.2 Å². The third kappa shape index (κ3) is 8.84. The number of rotatable bonds is 14. The van der Waals surface area contributed by atoms with Gasteiger partial charge in [-0.2, -0.15) is 0 Å². The van der Waals surface area contributed by atoms with Gasteiger partial charge in [-0.15, -0.1) is 0 Å². The van der Waals surface area contributed by atoms with Crippen LogP contribution in [0, 0.1) is 0 Å². The van der Waals surface area contributed by atoms with Gasteiger partial charge in [0.2, 0.25) is 21.8 Å². The number of amides is 2. The number of hydrogen-bond donors (Lipinski definition) is 1. The first-order valence-corrected chi connectivity index (χ1v) is 15.4. The van der Waals surface area contributed by atoms with Crippen LogP contribution in [0.3, 0.4) is 0 Å². The number of hydrogen-bond acceptors (Lipinski definition) is 5. The summed E-state index contributed by atoms with van der Waals surface area (Å²) < 4.78 is 32.3. The van der Waals surface area contributed by atoms with Crippen LogP contribution in [0.1, 0.15) is 38.3 Å². The minimum Gasteiger partial charge on any atom is -0.494 e. The number of sulfonamides is 1. The summed E-state index contributed by atoms with van der Waals surface area (Å²) in [5.74, 6) is -0.167. The first kappa shape index (κ1) is 30.7. The average Bonchev–Trinajstić information content (AvgIpc) is 2.94. The molecule has 3 rings (SSSR count). The molecule has 0 saturated heterocycles. The highest BCUT2D eigenvalue weighted by Crippen LogP contribution is 2.23. The molecule has 0 aliphatic heterocycles. The van der Waals surface area contributed by atoms with Gasteiger partial charge >= 0.3 is 0 Å². The third-order valence-electron chi connectivity index (χ3n) is 6.58. The largest absolute Gasteiger partial charge is 0.494 e. The Morgan fingerprint density at radius 1 is 0.875 bits per heavy atom. The van der Waals surface area contributed by atoms with Gasteiger partial charge in [-0.25, -0.2) is 8.42 Å². The summed E-state index contributed by atoms with van der Waals surface area (Å²) in [4.78, 5) is 29.2. The molecule has 0 aliphatic carbocycles. The second-order valence-corrected chi connectivity index (χ2v) is 11.6. The van der Waals surface area contributed by atoms with Gasteiger partial charge in [-0.1, -0.05) is 67.6 Å². The van der Waals surface area contributed by atoms with Crippen LogP contribution in [0.4, 0.5) is 5.69 Å². The monoisotopic (exact) mass is 565 g/mol. The van der Waals surface area contributed by atoms with Crippen LogP contribution in [0.2, 0.25) is 0 Å². The predicted octanol–water partition coefficient (Wildman–Crippen LogP) is 4.41. The fraction of sp³-hybridized carbons (Fsp3) is 0.355. The summed E-state index contributed by atoms with van der Waals surface area (Å²) in [7, 11) is -3.83. The highest BCUT2D eigenvalue weighted by Gasteiger charge is 2.33. The van der Waals surface area contributed by atoms with E-state index in [1.54, 1.807) is 24.3 Å². The van der Waals surface area contributed by atoms with Crippen molar-refractivity contribution < 1.29 is 22.7 Å². The van der Waals surface area contributed by atoms with Crippen LogP contribution in [-0.4, -0.2) is 56.6 Å². The normalized spacial score (nSPS) is 12.7. The number of carbonyl (C=O) groups excluding carboxylic acids is 2. The van der Waals surface area contributed by atoms with Crippen molar-refractivity contribution in [1.82, 2.24) is 10.2 Å². The predicted molar refractivity (Wildman–Crippen MR) is 159 cm³/mol. The number of carbonyl (C=O) groups is 2. The third-order valence-corrected chi connectivity index (χ3v) is 7.72. The van der Waals surface area contributed by atoms with E-state index in [0.717, 1.165) is 28.1 Å². The van der Waals surface area contributed by atoms with Crippen molar-refractivity contribution in [3.05, 3.63) is 96.1 Å². The van der Waals surface area contributed by atoms with Gasteiger partial charge < -0.3 is 15.0 Å². The average molecular weight is 566 g/mol. The summed E-state index contributed by atoms with van der Waals surface area (Å²) in [6, 6.07) is 24.5. The summed E-state index contributed by atoms with van der Waals surface area (Å²) in [6.45, 7) is 5.92. The van der Waals surface area contributed by atoms with E-state index in [1.807, 2.05) is 81.4 Å². The first-order chi connectivity index (χ1) is 19.1. The Morgan fingerprint density at radius 2 is 1.45 bits per heavy atom. The molecule has 0 spiro atoms. The Bertz CT molecular complexity index is 1330. The second-order valence-electron chi connectivity index (χ2n) is 9.73. The van der Waals surface area contributed by atoms with Crippen molar-refractivity contribution in [1.29, 1.82) is 0 Å². The zero-order valence-electron chi connectivity index (χ0n) is 23.6. The lowest BCUT2D eigenvalue weighted by molar-refractivity contribution is -0.140. The Kier molecular flexibility index (Phi) is 11.1. The van der Waals surface area contributed by atoms with Crippen molar-refractivity contribution in [3.63, 3.8) is 0 Å². The number of benzene rings is 3. The number of anilines is 1. The van der Waals surface area contributed by atoms with Gasteiger partial charge in [-0.05, 0) is 55.7 Å². The molecule has 9 heteroatoms. The lowest BCUT2D eigenvalue weighted by Gasteiger charge is -2.34. The van der Waals surface area contributed by atoms with E-state index in [0.29, 0.717) is 18.0 Å². The Hall–Kier alpha value is -3.85. The van der Waals surface area contributed by atoms with E-state index in [2.05, 4.69) is 5.32 Å². The van der Waals surface area contributed by atoms with Gasteiger partial charge in [-0.3, -0.25) is 13.9 Å². The summed E-state index contributed by atoms with van der Waals surface area (Å²) in [6.07, 6.45) is 2.08. The number of nitrogens with one attached hydrogen (secondary N) is 1. The van der Waals surface area contributed by atoms with Crippen molar-refractivity contribution >= 4 is 27.5 Å². The van der Waals surface area contributed by atoms with Crippen LogP contribution < -0.4 is 14.4 Å². The van der Waals surface area contributed by atoms with Crippen LogP contribution in [0.25, 0.3) is 0 Å². The molecule has 1 N–H and O–H groups in total. The highest BCUT2D eigenvalue weighted by atomic mass is 32.2. The maximum atomic E-state index is 14.1. The fourth-order valence-corrected chi connectivity index (χ4v) is 5.11.